The van der Waals surface area contributed by atoms with E-state index in [0.717, 1.165) is 0 Å². The number of aliphatic carboxylic acids is 2. The van der Waals surface area contributed by atoms with E-state index in [1.54, 1.807) is 5.43 Å². The Balaban J connectivity index is 0. The van der Waals surface area contributed by atoms with Gasteiger partial charge in [0.1, 0.15) is 0 Å². The number of carbonyl (C=O) groups is 4. The van der Waals surface area contributed by atoms with Crippen LogP contribution in [0.15, 0.2) is 4.99 Å². The lowest BCUT2D eigenvalue weighted by Crippen LogP contribution is -2.46. The Labute approximate surface area is 202 Å². The number of nitrogens with two attached hydrogens (primary N) is 3. The van der Waals surface area contributed by atoms with Crippen molar-refractivity contribution in [3.63, 3.8) is 0 Å². The lowest BCUT2D eigenvalue weighted by Gasteiger charge is -2.16. The van der Waals surface area contributed by atoms with Crippen LogP contribution in [0.1, 0.15) is 19.3 Å². The van der Waals surface area contributed by atoms with Crippen molar-refractivity contribution in [2.45, 2.75) is 49.7 Å². The van der Waals surface area contributed by atoms with Gasteiger partial charge in [-0.3, -0.25) is 9.59 Å². The minimum Gasteiger partial charge on any atom is -0.475 e. The first-order valence-electron chi connectivity index (χ1n) is 9.58. The number of nitrogens with zero attached hydrogens (tertiary/aromatic N) is 2. The van der Waals surface area contributed by atoms with Crippen molar-refractivity contribution in [2.75, 3.05) is 13.1 Å². The predicted molar refractivity (Wildman–Crippen MR) is 109 cm³/mol. The Bertz CT molecular complexity index is 814. The Morgan fingerprint density at radius 1 is 1.08 bits per heavy atom. The van der Waals surface area contributed by atoms with E-state index in [-0.39, 0.29) is 24.5 Å². The number of nitrogens with one attached hydrogen (secondary N) is 3. The summed E-state index contributed by atoms with van der Waals surface area (Å²) in [7, 11) is 0. The lowest BCUT2D eigenvalue weighted by molar-refractivity contribution is -0.525. The predicted octanol–water partition coefficient (Wildman–Crippen LogP) is -2.21. The lowest BCUT2D eigenvalue weighted by atomic mass is 10.1. The maximum Gasteiger partial charge on any atom is 0.490 e. The summed E-state index contributed by atoms with van der Waals surface area (Å²) >= 11 is 0. The number of alkyl halides is 6. The third-order valence-electron chi connectivity index (χ3n) is 3.80. The second-order valence-corrected chi connectivity index (χ2v) is 6.79. The highest BCUT2D eigenvalue weighted by Crippen LogP contribution is 2.13. The molecule has 0 aliphatic carbocycles. The molecule has 11 N–H and O–H groups in total. The number of aliphatic imine (C=N–C) groups is 1. The summed E-state index contributed by atoms with van der Waals surface area (Å²) in [6.07, 6.45) is -8.94. The largest absolute Gasteiger partial charge is 0.490 e. The molecule has 16 nitrogen and oxygen atoms in total. The molecule has 1 aliphatic rings. The quantitative estimate of drug-likeness (QED) is 0.0393. The van der Waals surface area contributed by atoms with Crippen LogP contribution in [0.25, 0.3) is 0 Å². The van der Waals surface area contributed by atoms with Crippen LogP contribution in [-0.4, -0.2) is 88.5 Å². The van der Waals surface area contributed by atoms with Gasteiger partial charge in [0.25, 0.3) is 5.96 Å². The van der Waals surface area contributed by atoms with Gasteiger partial charge in [-0.05, 0) is 19.3 Å². The van der Waals surface area contributed by atoms with Crippen LogP contribution >= 0.6 is 0 Å². The van der Waals surface area contributed by atoms with Crippen molar-refractivity contribution in [1.82, 2.24) is 16.1 Å². The van der Waals surface area contributed by atoms with E-state index < -0.39 is 47.3 Å². The molecule has 1 heterocycles. The zero-order chi connectivity index (χ0) is 29.6. The molecule has 0 saturated carbocycles. The number of guanidine groups is 1. The SMILES string of the molecule is NC(=O)[C@@H]1C[C@H](NC(=O)[C@H](N)CCCN=C(N)N[N+](=O)[O-])CN1.O=C(O)C(F)(F)F.O=C(O)C(F)(F)F. The summed E-state index contributed by atoms with van der Waals surface area (Å²) in [6, 6.07) is -1.37. The van der Waals surface area contributed by atoms with E-state index in [0.29, 0.717) is 25.8 Å². The Hall–Kier alpha value is -3.95. The monoisotopic (exact) mass is 558 g/mol. The molecule has 0 radical (unpaired) electrons. The number of nitro groups is 1. The molecule has 1 saturated heterocycles. The number of hydrazine groups is 1. The Morgan fingerprint density at radius 2 is 1.54 bits per heavy atom. The standard InChI is InChI=1S/C11H22N8O4.2C2HF3O2/c12-7(2-1-3-15-11(14)18-19(22)23)10(21)17-6-4-8(9(13)20)16-5-6;2*3-2(4,5)1(6)7/h6-8,16H,1-5,12H2,(H2,13,20)(H,17,21)(H3,14,15,18);2*(H,6,7)/t6-,7+,8-;;/m0../s1. The van der Waals surface area contributed by atoms with Gasteiger partial charge in [-0.15, -0.1) is 0 Å². The highest BCUT2D eigenvalue weighted by atomic mass is 19.4. The summed E-state index contributed by atoms with van der Waals surface area (Å²) in [5, 5.41) is 29.2. The van der Waals surface area contributed by atoms with Crippen LogP contribution in [0, 0.1) is 10.1 Å². The van der Waals surface area contributed by atoms with Gasteiger partial charge >= 0.3 is 24.3 Å². The van der Waals surface area contributed by atoms with Gasteiger partial charge in [0, 0.05) is 19.1 Å². The van der Waals surface area contributed by atoms with Crippen LogP contribution in [0.3, 0.4) is 0 Å². The van der Waals surface area contributed by atoms with Gasteiger partial charge in [0.15, 0.2) is 5.03 Å². The summed E-state index contributed by atoms with van der Waals surface area (Å²) in [5.74, 6) is -6.60. The van der Waals surface area contributed by atoms with E-state index in [2.05, 4.69) is 15.6 Å². The van der Waals surface area contributed by atoms with Crippen molar-refractivity contribution in [2.24, 2.45) is 22.2 Å². The Morgan fingerprint density at radius 3 is 1.89 bits per heavy atom. The van der Waals surface area contributed by atoms with Gasteiger partial charge in [0.05, 0.1) is 12.1 Å². The fraction of sp³-hybridized carbons (Fsp3) is 0.667. The van der Waals surface area contributed by atoms with Crippen LogP contribution in [0.2, 0.25) is 0 Å². The molecular formula is C15H24F6N8O8. The van der Waals surface area contributed by atoms with Crippen LogP contribution in [0.5, 0.6) is 0 Å². The number of carboxylic acid groups (broad SMARTS) is 2. The number of hydrogen-bond acceptors (Lipinski definition) is 9. The van der Waals surface area contributed by atoms with E-state index in [1.165, 1.54) is 0 Å². The molecule has 2 amide bonds. The second-order valence-electron chi connectivity index (χ2n) is 6.79. The second kappa shape index (κ2) is 15.9. The van der Waals surface area contributed by atoms with Gasteiger partial charge in [0.2, 0.25) is 11.8 Å². The van der Waals surface area contributed by atoms with Crippen molar-refractivity contribution in [3.05, 3.63) is 10.1 Å². The highest BCUT2D eigenvalue weighted by molar-refractivity contribution is 5.83. The first kappa shape index (κ1) is 35.2. The number of carbonyl (C=O) groups excluding carboxylic acids is 2. The van der Waals surface area contributed by atoms with Gasteiger partial charge < -0.3 is 38.0 Å². The van der Waals surface area contributed by atoms with Crippen LogP contribution in [-0.2, 0) is 19.2 Å². The van der Waals surface area contributed by atoms with Gasteiger partial charge in [-0.25, -0.2) is 24.7 Å². The molecular weight excluding hydrogens is 534 g/mol. The third kappa shape index (κ3) is 18.0. The zero-order valence-corrected chi connectivity index (χ0v) is 18.5. The van der Waals surface area contributed by atoms with Crippen LogP contribution in [0.4, 0.5) is 26.3 Å². The number of amides is 2. The van der Waals surface area contributed by atoms with Crippen molar-refractivity contribution < 1.29 is 60.8 Å². The van der Waals surface area contributed by atoms with Crippen molar-refractivity contribution in [1.29, 1.82) is 0 Å². The number of carboxylic acids is 2. The van der Waals surface area contributed by atoms with Crippen LogP contribution < -0.4 is 33.3 Å². The summed E-state index contributed by atoms with van der Waals surface area (Å²) < 4.78 is 63.5. The molecule has 0 unspecified atom stereocenters. The average molecular weight is 558 g/mol. The average Bonchev–Trinajstić information content (AvgIpc) is 3.18. The zero-order valence-electron chi connectivity index (χ0n) is 18.5. The smallest absolute Gasteiger partial charge is 0.475 e. The van der Waals surface area contributed by atoms with Gasteiger partial charge in [-0.2, -0.15) is 26.3 Å². The molecule has 1 fully saturated rings. The highest BCUT2D eigenvalue weighted by Gasteiger charge is 2.38. The fourth-order valence-corrected chi connectivity index (χ4v) is 2.14. The molecule has 0 aromatic rings. The molecule has 1 aliphatic heterocycles. The topological polar surface area (TPSA) is 278 Å². The molecule has 0 aromatic heterocycles. The molecule has 37 heavy (non-hydrogen) atoms. The number of hydrogen-bond donors (Lipinski definition) is 8. The minimum atomic E-state index is -5.08. The van der Waals surface area contributed by atoms with E-state index >= 15 is 0 Å². The van der Waals surface area contributed by atoms with Crippen molar-refractivity contribution in [3.8, 4) is 0 Å². The maximum atomic E-state index is 11.9. The number of halogens is 6. The summed E-state index contributed by atoms with van der Waals surface area (Å²) in [4.78, 5) is 54.5. The van der Waals surface area contributed by atoms with Crippen molar-refractivity contribution >= 4 is 29.7 Å². The molecule has 214 valence electrons. The first-order valence-corrected chi connectivity index (χ1v) is 9.58. The third-order valence-corrected chi connectivity index (χ3v) is 3.80. The number of primary amides is 1. The molecule has 1 rings (SSSR count). The normalized spacial score (nSPS) is 18.2. The molecule has 3 atom stereocenters. The van der Waals surface area contributed by atoms with E-state index in [4.69, 9.17) is 37.0 Å². The van der Waals surface area contributed by atoms with E-state index in [1.807, 2.05) is 0 Å². The molecule has 0 spiro atoms. The summed E-state index contributed by atoms with van der Waals surface area (Å²) in [6.45, 7) is 0.668. The number of rotatable bonds is 8. The summed E-state index contributed by atoms with van der Waals surface area (Å²) in [5.41, 5.74) is 17.9. The molecule has 22 heteroatoms. The fourth-order valence-electron chi connectivity index (χ4n) is 2.14. The Kier molecular flexibility index (Phi) is 15.2. The van der Waals surface area contributed by atoms with E-state index in [9.17, 15) is 46.0 Å². The molecule has 0 aromatic carbocycles. The van der Waals surface area contributed by atoms with Gasteiger partial charge in [-0.1, -0.05) is 5.43 Å². The molecule has 0 bridgehead atoms. The minimum absolute atomic E-state index is 0.191. The first-order chi connectivity index (χ1) is 16.7. The maximum absolute atomic E-state index is 11.9.